The van der Waals surface area contributed by atoms with Crippen molar-refractivity contribution in [2.45, 2.75) is 32.4 Å². The molecule has 0 saturated carbocycles. The zero-order valence-electron chi connectivity index (χ0n) is 12.3. The predicted octanol–water partition coefficient (Wildman–Crippen LogP) is 3.29. The topological polar surface area (TPSA) is 50.9 Å². The molecule has 0 fully saturated rings. The highest BCUT2D eigenvalue weighted by molar-refractivity contribution is 5.85. The minimum atomic E-state index is -0.585. The van der Waals surface area contributed by atoms with Crippen LogP contribution in [0.1, 0.15) is 37.4 Å². The van der Waals surface area contributed by atoms with Gasteiger partial charge < -0.3 is 5.11 Å². The molecule has 0 saturated heterocycles. The van der Waals surface area contributed by atoms with Crippen molar-refractivity contribution in [3.63, 3.8) is 0 Å². The van der Waals surface area contributed by atoms with Gasteiger partial charge in [-0.2, -0.15) is 5.10 Å². The summed E-state index contributed by atoms with van der Waals surface area (Å²) in [6.07, 6.45) is 1.43. The molecule has 108 valence electrons. The van der Waals surface area contributed by atoms with Crippen LogP contribution in [0, 0.1) is 0 Å². The number of nitrogens with zero attached hydrogens (tertiary/aromatic N) is 3. The third-order valence-electron chi connectivity index (χ3n) is 3.69. The van der Waals surface area contributed by atoms with Crippen LogP contribution in [-0.4, -0.2) is 19.9 Å². The van der Waals surface area contributed by atoms with Gasteiger partial charge in [0.05, 0.1) is 6.10 Å². The Morgan fingerprint density at radius 3 is 2.67 bits per heavy atom. The van der Waals surface area contributed by atoms with Crippen LogP contribution in [0.15, 0.2) is 48.8 Å². The van der Waals surface area contributed by atoms with Gasteiger partial charge in [0.25, 0.3) is 0 Å². The molecule has 3 aromatic rings. The molecule has 4 heteroatoms. The predicted molar refractivity (Wildman–Crippen MR) is 83.0 cm³/mol. The number of benzene rings is 2. The number of aliphatic hydroxyl groups excluding tert-OH is 1. The molecule has 1 heterocycles. The lowest BCUT2D eigenvalue weighted by atomic mass is 9.98. The minimum absolute atomic E-state index is 0.238. The fourth-order valence-electron chi connectivity index (χ4n) is 2.68. The van der Waals surface area contributed by atoms with E-state index in [0.29, 0.717) is 6.42 Å². The molecule has 1 unspecified atom stereocenters. The van der Waals surface area contributed by atoms with Crippen LogP contribution in [0.2, 0.25) is 0 Å². The minimum Gasteiger partial charge on any atom is -0.388 e. The lowest BCUT2D eigenvalue weighted by Crippen LogP contribution is -2.12. The quantitative estimate of drug-likeness (QED) is 0.798. The Hall–Kier alpha value is -2.20. The average molecular weight is 281 g/mol. The molecule has 0 radical (unpaired) electrons. The van der Waals surface area contributed by atoms with E-state index in [-0.39, 0.29) is 6.04 Å². The molecule has 0 aliphatic rings. The smallest absolute Gasteiger partial charge is 0.138 e. The number of rotatable bonds is 4. The van der Waals surface area contributed by atoms with E-state index in [9.17, 15) is 5.11 Å². The summed E-state index contributed by atoms with van der Waals surface area (Å²) in [5.41, 5.74) is 0.936. The second kappa shape index (κ2) is 5.66. The summed E-state index contributed by atoms with van der Waals surface area (Å²) in [4.78, 5) is 4.27. The number of aliphatic hydroxyl groups is 1. The van der Waals surface area contributed by atoms with Crippen molar-refractivity contribution in [2.75, 3.05) is 0 Å². The molecule has 0 aliphatic heterocycles. The standard InChI is InChI=1S/C17H19N3O/c1-12(2)20-17(18-11-19-20)10-16(21)15-9-5-7-13-6-3-4-8-14(13)15/h3-9,11-12,16,21H,10H2,1-2H3. The summed E-state index contributed by atoms with van der Waals surface area (Å²) < 4.78 is 1.86. The van der Waals surface area contributed by atoms with Crippen LogP contribution >= 0.6 is 0 Å². The Balaban J connectivity index is 1.94. The monoisotopic (exact) mass is 281 g/mol. The van der Waals surface area contributed by atoms with Gasteiger partial charge in [-0.25, -0.2) is 9.67 Å². The molecular formula is C17H19N3O. The fraction of sp³-hybridized carbons (Fsp3) is 0.294. The van der Waals surface area contributed by atoms with Gasteiger partial charge in [-0.3, -0.25) is 0 Å². The molecule has 3 rings (SSSR count). The molecule has 1 atom stereocenters. The summed E-state index contributed by atoms with van der Waals surface area (Å²) in [6, 6.07) is 14.4. The van der Waals surface area contributed by atoms with E-state index >= 15 is 0 Å². The zero-order valence-corrected chi connectivity index (χ0v) is 12.3. The van der Waals surface area contributed by atoms with Crippen molar-refractivity contribution in [2.24, 2.45) is 0 Å². The highest BCUT2D eigenvalue weighted by Crippen LogP contribution is 2.26. The molecule has 0 bridgehead atoms. The maximum Gasteiger partial charge on any atom is 0.138 e. The van der Waals surface area contributed by atoms with Gasteiger partial charge in [0.2, 0.25) is 0 Å². The Morgan fingerprint density at radius 2 is 1.86 bits per heavy atom. The van der Waals surface area contributed by atoms with Crippen LogP contribution in [0.5, 0.6) is 0 Å². The molecule has 1 N–H and O–H groups in total. The Labute approximate surface area is 124 Å². The first-order chi connectivity index (χ1) is 10.2. The summed E-state index contributed by atoms with van der Waals surface area (Å²) in [7, 11) is 0. The van der Waals surface area contributed by atoms with Crippen molar-refractivity contribution in [3.05, 3.63) is 60.2 Å². The van der Waals surface area contributed by atoms with E-state index < -0.39 is 6.10 Å². The second-order valence-corrected chi connectivity index (χ2v) is 5.50. The molecule has 0 aliphatic carbocycles. The van der Waals surface area contributed by atoms with Gasteiger partial charge in [-0.05, 0) is 30.2 Å². The third kappa shape index (κ3) is 2.67. The van der Waals surface area contributed by atoms with E-state index in [1.54, 1.807) is 6.33 Å². The van der Waals surface area contributed by atoms with Gasteiger partial charge in [0.1, 0.15) is 12.2 Å². The highest BCUT2D eigenvalue weighted by Gasteiger charge is 2.16. The maximum absolute atomic E-state index is 10.6. The van der Waals surface area contributed by atoms with Gasteiger partial charge in [0.15, 0.2) is 0 Å². The first-order valence-electron chi connectivity index (χ1n) is 7.21. The van der Waals surface area contributed by atoms with Crippen LogP contribution in [-0.2, 0) is 6.42 Å². The van der Waals surface area contributed by atoms with Gasteiger partial charge in [-0.1, -0.05) is 42.5 Å². The summed E-state index contributed by atoms with van der Waals surface area (Å²) >= 11 is 0. The van der Waals surface area contributed by atoms with Crippen molar-refractivity contribution >= 4 is 10.8 Å². The van der Waals surface area contributed by atoms with E-state index in [0.717, 1.165) is 22.2 Å². The Bertz CT molecular complexity index is 743. The third-order valence-corrected chi connectivity index (χ3v) is 3.69. The fourth-order valence-corrected chi connectivity index (χ4v) is 2.68. The maximum atomic E-state index is 10.6. The second-order valence-electron chi connectivity index (χ2n) is 5.50. The Morgan fingerprint density at radius 1 is 1.10 bits per heavy atom. The number of hydrogen-bond acceptors (Lipinski definition) is 3. The zero-order chi connectivity index (χ0) is 14.8. The van der Waals surface area contributed by atoms with Crippen molar-refractivity contribution < 1.29 is 5.11 Å². The molecule has 0 amide bonds. The van der Waals surface area contributed by atoms with Crippen LogP contribution in [0.3, 0.4) is 0 Å². The van der Waals surface area contributed by atoms with Gasteiger partial charge in [-0.15, -0.1) is 0 Å². The molecule has 2 aromatic carbocycles. The molecule has 1 aromatic heterocycles. The van der Waals surface area contributed by atoms with E-state index in [1.165, 1.54) is 0 Å². The summed E-state index contributed by atoms with van der Waals surface area (Å²) in [5.74, 6) is 0.811. The molecule has 21 heavy (non-hydrogen) atoms. The van der Waals surface area contributed by atoms with E-state index in [4.69, 9.17) is 0 Å². The normalized spacial score (nSPS) is 13.0. The van der Waals surface area contributed by atoms with Crippen LogP contribution < -0.4 is 0 Å². The highest BCUT2D eigenvalue weighted by atomic mass is 16.3. The average Bonchev–Trinajstić information content (AvgIpc) is 2.95. The largest absolute Gasteiger partial charge is 0.388 e. The van der Waals surface area contributed by atoms with Crippen molar-refractivity contribution in [3.8, 4) is 0 Å². The summed E-state index contributed by atoms with van der Waals surface area (Å²) in [6.45, 7) is 4.12. The van der Waals surface area contributed by atoms with Gasteiger partial charge >= 0.3 is 0 Å². The molecule has 0 spiro atoms. The van der Waals surface area contributed by atoms with E-state index in [1.807, 2.05) is 35.0 Å². The number of aromatic nitrogens is 3. The number of fused-ring (bicyclic) bond motifs is 1. The molecular weight excluding hydrogens is 262 g/mol. The Kier molecular flexibility index (Phi) is 3.71. The van der Waals surface area contributed by atoms with E-state index in [2.05, 4.69) is 36.1 Å². The molecule has 4 nitrogen and oxygen atoms in total. The summed E-state index contributed by atoms with van der Waals surface area (Å²) in [5, 5.41) is 17.1. The lowest BCUT2D eigenvalue weighted by Gasteiger charge is -2.15. The first kappa shape index (κ1) is 13.8. The first-order valence-corrected chi connectivity index (χ1v) is 7.21. The van der Waals surface area contributed by atoms with Crippen molar-refractivity contribution in [1.82, 2.24) is 14.8 Å². The van der Waals surface area contributed by atoms with Crippen LogP contribution in [0.25, 0.3) is 10.8 Å². The number of hydrogen-bond donors (Lipinski definition) is 1. The lowest BCUT2D eigenvalue weighted by molar-refractivity contribution is 0.175. The SMILES string of the molecule is CC(C)n1ncnc1CC(O)c1cccc2ccccc12. The van der Waals surface area contributed by atoms with Crippen molar-refractivity contribution in [1.29, 1.82) is 0 Å². The van der Waals surface area contributed by atoms with Gasteiger partial charge in [0, 0.05) is 12.5 Å². The van der Waals surface area contributed by atoms with Crippen LogP contribution in [0.4, 0.5) is 0 Å².